The van der Waals surface area contributed by atoms with Crippen molar-refractivity contribution in [3.63, 3.8) is 0 Å². The predicted octanol–water partition coefficient (Wildman–Crippen LogP) is 3.19. The summed E-state index contributed by atoms with van der Waals surface area (Å²) in [6.45, 7) is 3.97. The van der Waals surface area contributed by atoms with E-state index in [0.29, 0.717) is 43.4 Å². The Morgan fingerprint density at radius 3 is 2.77 bits per heavy atom. The minimum atomic E-state index is -0.169. The van der Waals surface area contributed by atoms with Gasteiger partial charge in [-0.2, -0.15) is 0 Å². The zero-order valence-electron chi connectivity index (χ0n) is 17.5. The summed E-state index contributed by atoms with van der Waals surface area (Å²) in [6.07, 6.45) is 1.56. The molecule has 0 saturated heterocycles. The Kier molecular flexibility index (Phi) is 5.18. The van der Waals surface area contributed by atoms with Gasteiger partial charge in [0.2, 0.25) is 6.79 Å². The normalized spacial score (nSPS) is 20.0. The number of carbonyl (C=O) groups is 2. The van der Waals surface area contributed by atoms with E-state index in [-0.39, 0.29) is 30.5 Å². The first-order valence-electron chi connectivity index (χ1n) is 10.7. The van der Waals surface area contributed by atoms with Crippen LogP contribution in [0.25, 0.3) is 0 Å². The lowest BCUT2D eigenvalue weighted by Crippen LogP contribution is -2.33. The summed E-state index contributed by atoms with van der Waals surface area (Å²) in [6, 6.07) is 11.3. The molecule has 5 rings (SSSR count). The highest BCUT2D eigenvalue weighted by atomic mass is 16.7. The molecule has 162 valence electrons. The Bertz CT molecular complexity index is 1020. The van der Waals surface area contributed by atoms with Crippen LogP contribution in [0.5, 0.6) is 17.2 Å². The molecule has 0 radical (unpaired) electrons. The van der Waals surface area contributed by atoms with E-state index < -0.39 is 0 Å². The van der Waals surface area contributed by atoms with Gasteiger partial charge in [0.05, 0.1) is 19.1 Å². The van der Waals surface area contributed by atoms with Crippen LogP contribution in [0, 0.1) is 11.8 Å². The topological polar surface area (TPSA) is 74.3 Å². The lowest BCUT2D eigenvalue weighted by Gasteiger charge is -2.23. The molecule has 1 amide bonds. The second kappa shape index (κ2) is 8.13. The van der Waals surface area contributed by atoms with Crippen LogP contribution in [-0.4, -0.2) is 43.3 Å². The van der Waals surface area contributed by atoms with Gasteiger partial charge in [-0.1, -0.05) is 6.07 Å². The average molecular weight is 423 g/mol. The second-order valence-electron chi connectivity index (χ2n) is 8.15. The fourth-order valence-electron chi connectivity index (χ4n) is 4.25. The van der Waals surface area contributed by atoms with E-state index in [1.807, 2.05) is 48.2 Å². The molecule has 7 heteroatoms. The van der Waals surface area contributed by atoms with Crippen LogP contribution in [-0.2, 0) is 22.5 Å². The molecule has 1 saturated carbocycles. The number of fused-ring (bicyclic) bond motifs is 2. The van der Waals surface area contributed by atoms with Crippen molar-refractivity contribution in [2.75, 3.05) is 26.6 Å². The molecular weight excluding hydrogens is 398 g/mol. The Balaban J connectivity index is 1.36. The highest BCUT2D eigenvalue weighted by molar-refractivity contribution is 5.94. The predicted molar refractivity (Wildman–Crippen MR) is 111 cm³/mol. The molecule has 7 nitrogen and oxygen atoms in total. The number of rotatable bonds is 7. The fraction of sp³-hybridized carbons (Fsp3) is 0.417. The third-order valence-corrected chi connectivity index (χ3v) is 6.00. The van der Waals surface area contributed by atoms with Gasteiger partial charge in [-0.15, -0.1) is 0 Å². The third-order valence-electron chi connectivity index (χ3n) is 6.00. The van der Waals surface area contributed by atoms with Gasteiger partial charge < -0.3 is 23.8 Å². The number of hydrogen-bond acceptors (Lipinski definition) is 6. The molecule has 1 fully saturated rings. The van der Waals surface area contributed by atoms with Gasteiger partial charge in [0.15, 0.2) is 11.5 Å². The Labute approximate surface area is 180 Å². The molecule has 1 aliphatic carbocycles. The minimum absolute atomic E-state index is 0.0538. The average Bonchev–Trinajstić information content (AvgIpc) is 3.16. The van der Waals surface area contributed by atoms with Crippen molar-refractivity contribution in [1.82, 2.24) is 4.90 Å². The van der Waals surface area contributed by atoms with Crippen LogP contribution in [0.2, 0.25) is 0 Å². The molecule has 2 heterocycles. The highest BCUT2D eigenvalue weighted by Gasteiger charge is 2.45. The van der Waals surface area contributed by atoms with Gasteiger partial charge >= 0.3 is 5.97 Å². The molecular formula is C24H25NO6. The summed E-state index contributed by atoms with van der Waals surface area (Å²) in [5, 5.41) is 0. The van der Waals surface area contributed by atoms with Crippen LogP contribution >= 0.6 is 0 Å². The Morgan fingerprint density at radius 2 is 1.90 bits per heavy atom. The number of hydrogen-bond donors (Lipinski definition) is 0. The summed E-state index contributed by atoms with van der Waals surface area (Å²) in [7, 11) is 0. The first kappa shape index (κ1) is 19.7. The van der Waals surface area contributed by atoms with Gasteiger partial charge in [0, 0.05) is 25.1 Å². The second-order valence-corrected chi connectivity index (χ2v) is 8.15. The van der Waals surface area contributed by atoms with Crippen molar-refractivity contribution in [3.8, 4) is 17.2 Å². The number of carbonyl (C=O) groups excluding carboxylic acids is 2. The Morgan fingerprint density at radius 1 is 1.06 bits per heavy atom. The third kappa shape index (κ3) is 4.04. The molecule has 2 aliphatic heterocycles. The minimum Gasteiger partial charge on any atom is -0.493 e. The van der Waals surface area contributed by atoms with Gasteiger partial charge in [0.1, 0.15) is 5.75 Å². The zero-order valence-corrected chi connectivity index (χ0v) is 17.5. The van der Waals surface area contributed by atoms with Crippen LogP contribution < -0.4 is 14.2 Å². The van der Waals surface area contributed by atoms with Crippen molar-refractivity contribution in [2.24, 2.45) is 11.8 Å². The van der Waals surface area contributed by atoms with Crippen molar-refractivity contribution >= 4 is 11.9 Å². The van der Waals surface area contributed by atoms with Crippen LogP contribution in [0.1, 0.15) is 34.8 Å². The summed E-state index contributed by atoms with van der Waals surface area (Å²) in [5.74, 6) is 2.03. The van der Waals surface area contributed by atoms with Crippen molar-refractivity contribution in [1.29, 1.82) is 0 Å². The molecule has 2 aromatic carbocycles. The van der Waals surface area contributed by atoms with E-state index in [2.05, 4.69) is 0 Å². The maximum absolute atomic E-state index is 13.5. The van der Waals surface area contributed by atoms with Crippen LogP contribution in [0.3, 0.4) is 0 Å². The molecule has 0 N–H and O–H groups in total. The molecule has 0 unspecified atom stereocenters. The number of nitrogens with zero attached hydrogens (tertiary/aromatic N) is 1. The van der Waals surface area contributed by atoms with E-state index in [1.54, 1.807) is 0 Å². The summed E-state index contributed by atoms with van der Waals surface area (Å²) < 4.78 is 21.6. The van der Waals surface area contributed by atoms with E-state index >= 15 is 0 Å². The van der Waals surface area contributed by atoms with Crippen molar-refractivity contribution in [2.45, 2.75) is 26.3 Å². The molecule has 2 aromatic rings. The summed E-state index contributed by atoms with van der Waals surface area (Å²) in [5.41, 5.74) is 2.65. The monoisotopic (exact) mass is 423 g/mol. The fourth-order valence-corrected chi connectivity index (χ4v) is 4.25. The largest absolute Gasteiger partial charge is 0.493 e. The van der Waals surface area contributed by atoms with Gasteiger partial charge in [-0.05, 0) is 60.7 Å². The first-order chi connectivity index (χ1) is 15.1. The molecule has 3 aliphatic rings. The summed E-state index contributed by atoms with van der Waals surface area (Å²) in [4.78, 5) is 27.4. The molecule has 2 atom stereocenters. The zero-order chi connectivity index (χ0) is 21.4. The smallest absolute Gasteiger partial charge is 0.309 e. The van der Waals surface area contributed by atoms with Crippen molar-refractivity contribution < 1.29 is 28.5 Å². The van der Waals surface area contributed by atoms with Gasteiger partial charge in [0.25, 0.3) is 5.91 Å². The summed E-state index contributed by atoms with van der Waals surface area (Å²) >= 11 is 0. The van der Waals surface area contributed by atoms with E-state index in [0.717, 1.165) is 29.7 Å². The van der Waals surface area contributed by atoms with Crippen LogP contribution in [0.15, 0.2) is 36.4 Å². The van der Waals surface area contributed by atoms with E-state index in [4.69, 9.17) is 18.9 Å². The van der Waals surface area contributed by atoms with Crippen LogP contribution in [0.4, 0.5) is 0 Å². The Hall–Kier alpha value is -3.22. The molecule has 0 aromatic heterocycles. The standard InChI is InChI=1S/C24H25NO6/c1-2-28-24(27)19-11-18(19)13-25(12-15-3-5-21-22(9-15)31-14-30-21)23(26)17-4-6-20-16(10-17)7-8-29-20/h3-6,9-10,18-19H,2,7-8,11-14H2,1H3/t18-,19+/m0/s1. The van der Waals surface area contributed by atoms with Crippen molar-refractivity contribution in [3.05, 3.63) is 53.1 Å². The maximum atomic E-state index is 13.5. The molecule has 0 spiro atoms. The lowest BCUT2D eigenvalue weighted by molar-refractivity contribution is -0.145. The first-order valence-corrected chi connectivity index (χ1v) is 10.7. The maximum Gasteiger partial charge on any atom is 0.309 e. The molecule has 0 bridgehead atoms. The highest BCUT2D eigenvalue weighted by Crippen LogP contribution is 2.41. The number of benzene rings is 2. The number of ether oxygens (including phenoxy) is 4. The lowest BCUT2D eigenvalue weighted by atomic mass is 10.1. The SMILES string of the molecule is CCOC(=O)[C@@H]1C[C@H]1CN(Cc1ccc2c(c1)OCO2)C(=O)c1ccc2c(c1)CCO2. The molecule has 31 heavy (non-hydrogen) atoms. The van der Waals surface area contributed by atoms with Gasteiger partial charge in [-0.25, -0.2) is 0 Å². The number of amides is 1. The quantitative estimate of drug-likeness (QED) is 0.637. The van der Waals surface area contributed by atoms with E-state index in [1.165, 1.54) is 0 Å². The van der Waals surface area contributed by atoms with Gasteiger partial charge in [-0.3, -0.25) is 9.59 Å². The number of esters is 1. The van der Waals surface area contributed by atoms with E-state index in [9.17, 15) is 9.59 Å².